The van der Waals surface area contributed by atoms with Gasteiger partial charge in [0.15, 0.2) is 0 Å². The molecule has 0 saturated heterocycles. The Labute approximate surface area is 94.1 Å². The fourth-order valence-electron chi connectivity index (χ4n) is 1.60. The van der Waals surface area contributed by atoms with E-state index in [1.54, 1.807) is 6.92 Å². The average molecular weight is 246 g/mol. The Balaban J connectivity index is 2.64. The zero-order chi connectivity index (χ0) is 11.9. The van der Waals surface area contributed by atoms with Crippen LogP contribution in [0, 0.1) is 6.92 Å². The van der Waals surface area contributed by atoms with Gasteiger partial charge in [0.1, 0.15) is 0 Å². The molecule has 1 N–H and O–H groups in total. The number of fused-ring (bicyclic) bond motifs is 1. The average Bonchev–Trinajstić information content (AvgIpc) is 2.54. The van der Waals surface area contributed by atoms with E-state index in [1.807, 2.05) is 0 Å². The number of benzene rings is 1. The summed E-state index contributed by atoms with van der Waals surface area (Å²) in [6.07, 6.45) is -4.31. The molecule has 0 fully saturated rings. The maximum atomic E-state index is 12.5. The maximum Gasteiger partial charge on any atom is 0.416 e. The molecule has 1 aromatic carbocycles. The van der Waals surface area contributed by atoms with Gasteiger partial charge in [-0.25, -0.2) is 0 Å². The van der Waals surface area contributed by atoms with Crippen molar-refractivity contribution in [3.8, 4) is 0 Å². The molecule has 0 unspecified atom stereocenters. The molecule has 1 aromatic heterocycles. The van der Waals surface area contributed by atoms with E-state index in [-0.39, 0.29) is 6.61 Å². The molecular weight excluding hydrogens is 237 g/mol. The van der Waals surface area contributed by atoms with Crippen LogP contribution in [0.25, 0.3) is 10.1 Å². The highest BCUT2D eigenvalue weighted by atomic mass is 32.1. The van der Waals surface area contributed by atoms with Crippen LogP contribution in [-0.2, 0) is 12.8 Å². The minimum atomic E-state index is -4.31. The third kappa shape index (κ3) is 1.81. The molecule has 0 aliphatic heterocycles. The molecule has 0 bridgehead atoms. The van der Waals surface area contributed by atoms with Crippen molar-refractivity contribution in [2.75, 3.05) is 0 Å². The molecule has 0 atom stereocenters. The first-order valence-corrected chi connectivity index (χ1v) is 5.45. The van der Waals surface area contributed by atoms with Gasteiger partial charge in [-0.15, -0.1) is 11.3 Å². The highest BCUT2D eigenvalue weighted by Crippen LogP contribution is 2.36. The van der Waals surface area contributed by atoms with Crippen LogP contribution in [0.15, 0.2) is 18.2 Å². The number of thiophene rings is 1. The van der Waals surface area contributed by atoms with E-state index in [9.17, 15) is 13.2 Å². The number of aliphatic hydroxyl groups excluding tert-OH is 1. The number of alkyl halides is 3. The van der Waals surface area contributed by atoms with Gasteiger partial charge in [0.25, 0.3) is 0 Å². The van der Waals surface area contributed by atoms with Crippen molar-refractivity contribution in [1.29, 1.82) is 0 Å². The van der Waals surface area contributed by atoms with Crippen LogP contribution < -0.4 is 0 Å². The van der Waals surface area contributed by atoms with E-state index in [0.717, 1.165) is 23.1 Å². The zero-order valence-electron chi connectivity index (χ0n) is 8.43. The molecule has 16 heavy (non-hydrogen) atoms. The molecule has 1 nitrogen and oxygen atoms in total. The van der Waals surface area contributed by atoms with Crippen molar-refractivity contribution < 1.29 is 18.3 Å². The molecule has 0 radical (unpaired) electrons. The highest BCUT2D eigenvalue weighted by Gasteiger charge is 2.30. The van der Waals surface area contributed by atoms with Crippen LogP contribution in [0.5, 0.6) is 0 Å². The summed E-state index contributed by atoms with van der Waals surface area (Å²) in [7, 11) is 0. The summed E-state index contributed by atoms with van der Waals surface area (Å²) in [4.78, 5) is 0.717. The van der Waals surface area contributed by atoms with Crippen LogP contribution in [0.3, 0.4) is 0 Å². The minimum Gasteiger partial charge on any atom is -0.391 e. The molecule has 1 heterocycles. The maximum absolute atomic E-state index is 12.5. The van der Waals surface area contributed by atoms with Gasteiger partial charge < -0.3 is 5.11 Å². The Morgan fingerprint density at radius 2 is 2.00 bits per heavy atom. The lowest BCUT2D eigenvalue weighted by Crippen LogP contribution is -2.03. The molecule has 0 aliphatic carbocycles. The smallest absolute Gasteiger partial charge is 0.391 e. The quantitative estimate of drug-likeness (QED) is 0.813. The van der Waals surface area contributed by atoms with Crippen LogP contribution in [0.1, 0.15) is 16.0 Å². The third-order valence-corrected chi connectivity index (χ3v) is 3.75. The molecule has 0 aliphatic rings. The number of halogens is 3. The highest BCUT2D eigenvalue weighted by molar-refractivity contribution is 7.19. The monoisotopic (exact) mass is 246 g/mol. The first kappa shape index (κ1) is 11.4. The van der Waals surface area contributed by atoms with E-state index in [4.69, 9.17) is 5.11 Å². The van der Waals surface area contributed by atoms with Gasteiger partial charge in [0.2, 0.25) is 0 Å². The first-order valence-electron chi connectivity index (χ1n) is 4.63. The molecule has 2 rings (SSSR count). The lowest BCUT2D eigenvalue weighted by molar-refractivity contribution is -0.137. The topological polar surface area (TPSA) is 20.2 Å². The van der Waals surface area contributed by atoms with Gasteiger partial charge in [0, 0.05) is 9.58 Å². The number of aryl methyl sites for hydroxylation is 1. The van der Waals surface area contributed by atoms with Gasteiger partial charge in [-0.1, -0.05) is 6.07 Å². The summed E-state index contributed by atoms with van der Waals surface area (Å²) < 4.78 is 37.9. The Morgan fingerprint density at radius 3 is 2.56 bits per heavy atom. The van der Waals surface area contributed by atoms with Crippen molar-refractivity contribution in [2.45, 2.75) is 19.7 Å². The van der Waals surface area contributed by atoms with Crippen LogP contribution in [-0.4, -0.2) is 5.11 Å². The molecule has 0 spiro atoms. The van der Waals surface area contributed by atoms with Gasteiger partial charge in [-0.05, 0) is 30.0 Å². The first-order chi connectivity index (χ1) is 7.43. The lowest BCUT2D eigenvalue weighted by Gasteiger charge is -2.05. The van der Waals surface area contributed by atoms with Crippen molar-refractivity contribution in [2.24, 2.45) is 0 Å². The molecule has 0 saturated carbocycles. The predicted octanol–water partition coefficient (Wildman–Crippen LogP) is 3.72. The lowest BCUT2D eigenvalue weighted by atomic mass is 10.1. The Hall–Kier alpha value is -1.07. The number of aliphatic hydroxyl groups is 1. The summed E-state index contributed by atoms with van der Waals surface area (Å²) in [6.45, 7) is 1.67. The predicted molar refractivity (Wildman–Crippen MR) is 57.5 cm³/mol. The van der Waals surface area contributed by atoms with E-state index in [1.165, 1.54) is 17.4 Å². The largest absolute Gasteiger partial charge is 0.416 e. The Morgan fingerprint density at radius 1 is 1.31 bits per heavy atom. The number of hydrogen-bond donors (Lipinski definition) is 1. The second-order valence-electron chi connectivity index (χ2n) is 3.52. The SMILES string of the molecule is Cc1c(CO)sc2cc(C(F)(F)F)ccc12. The fraction of sp³-hybridized carbons (Fsp3) is 0.273. The second kappa shape index (κ2) is 3.75. The van der Waals surface area contributed by atoms with Gasteiger partial charge >= 0.3 is 6.18 Å². The summed E-state index contributed by atoms with van der Waals surface area (Å²) in [6, 6.07) is 3.67. The molecule has 5 heteroatoms. The third-order valence-electron chi connectivity index (χ3n) is 2.51. The fourth-order valence-corrected chi connectivity index (χ4v) is 2.71. The van der Waals surface area contributed by atoms with Crippen LogP contribution in [0.2, 0.25) is 0 Å². The number of hydrogen-bond acceptors (Lipinski definition) is 2. The van der Waals surface area contributed by atoms with Gasteiger partial charge in [-0.2, -0.15) is 13.2 Å². The van der Waals surface area contributed by atoms with E-state index >= 15 is 0 Å². The van der Waals surface area contributed by atoms with Gasteiger partial charge in [-0.3, -0.25) is 0 Å². The molecule has 2 aromatic rings. The summed E-state index contributed by atoms with van der Waals surface area (Å²) in [5.41, 5.74) is 0.210. The summed E-state index contributed by atoms with van der Waals surface area (Å²) in [5.74, 6) is 0. The van der Waals surface area contributed by atoms with E-state index in [0.29, 0.717) is 9.58 Å². The van der Waals surface area contributed by atoms with Crippen LogP contribution >= 0.6 is 11.3 Å². The Kier molecular flexibility index (Phi) is 2.67. The van der Waals surface area contributed by atoms with Crippen molar-refractivity contribution in [3.05, 3.63) is 34.2 Å². The number of rotatable bonds is 1. The molecule has 86 valence electrons. The molecular formula is C11H9F3OS. The normalized spacial score (nSPS) is 12.3. The summed E-state index contributed by atoms with van der Waals surface area (Å²) in [5, 5.41) is 9.82. The van der Waals surface area contributed by atoms with Crippen LogP contribution in [0.4, 0.5) is 13.2 Å². The Bertz CT molecular complexity index is 528. The zero-order valence-corrected chi connectivity index (χ0v) is 9.25. The summed E-state index contributed by atoms with van der Waals surface area (Å²) >= 11 is 1.20. The van der Waals surface area contributed by atoms with Crippen molar-refractivity contribution in [3.63, 3.8) is 0 Å². The van der Waals surface area contributed by atoms with Gasteiger partial charge in [0.05, 0.1) is 12.2 Å². The molecule has 0 amide bonds. The van der Waals surface area contributed by atoms with E-state index < -0.39 is 11.7 Å². The second-order valence-corrected chi connectivity index (χ2v) is 4.65. The van der Waals surface area contributed by atoms with Crippen molar-refractivity contribution in [1.82, 2.24) is 0 Å². The minimum absolute atomic E-state index is 0.132. The van der Waals surface area contributed by atoms with E-state index in [2.05, 4.69) is 0 Å². The van der Waals surface area contributed by atoms with Crippen molar-refractivity contribution >= 4 is 21.4 Å². The standard InChI is InChI=1S/C11H9F3OS/c1-6-8-3-2-7(11(12,13)14)4-9(8)16-10(6)5-15/h2-4,15H,5H2,1H3.